The summed E-state index contributed by atoms with van der Waals surface area (Å²) in [5, 5.41) is 3.21. The number of fused-ring (bicyclic) bond motifs is 2. The Hall–Kier alpha value is -0.700. The van der Waals surface area contributed by atoms with Crippen LogP contribution < -0.4 is 10.6 Å². The molecular formula is C19H24P2. The maximum absolute atomic E-state index is 2.38. The van der Waals surface area contributed by atoms with Gasteiger partial charge in [0.25, 0.3) is 0 Å². The van der Waals surface area contributed by atoms with Crippen LogP contribution in [-0.2, 0) is 6.42 Å². The average Bonchev–Trinajstić information content (AvgIpc) is 2.46. The van der Waals surface area contributed by atoms with Gasteiger partial charge in [-0.3, -0.25) is 0 Å². The van der Waals surface area contributed by atoms with Crippen LogP contribution in [-0.4, -0.2) is 26.7 Å². The Morgan fingerprint density at radius 1 is 0.762 bits per heavy atom. The van der Waals surface area contributed by atoms with Gasteiger partial charge in [-0.25, -0.2) is 0 Å². The Balaban J connectivity index is 2.21. The fourth-order valence-corrected chi connectivity index (χ4v) is 5.83. The summed E-state index contributed by atoms with van der Waals surface area (Å²) in [6.07, 6.45) is 1.14. The van der Waals surface area contributed by atoms with Crippen molar-refractivity contribution < 1.29 is 0 Å². The second kappa shape index (κ2) is 5.83. The highest BCUT2D eigenvalue weighted by Crippen LogP contribution is 2.40. The molecule has 21 heavy (non-hydrogen) atoms. The van der Waals surface area contributed by atoms with Gasteiger partial charge in [0.05, 0.1) is 0 Å². The minimum absolute atomic E-state index is 0.0382. The molecule has 2 aromatic carbocycles. The second-order valence-corrected chi connectivity index (χ2v) is 10.9. The summed E-state index contributed by atoms with van der Waals surface area (Å²) in [5.41, 5.74) is 6.37. The molecule has 0 heterocycles. The Labute approximate surface area is 131 Å². The van der Waals surface area contributed by atoms with E-state index in [0.29, 0.717) is 5.92 Å². The predicted molar refractivity (Wildman–Crippen MR) is 100 cm³/mol. The van der Waals surface area contributed by atoms with Crippen LogP contribution in [0.2, 0.25) is 0 Å². The van der Waals surface area contributed by atoms with Crippen LogP contribution in [0.25, 0.3) is 0 Å². The van der Waals surface area contributed by atoms with E-state index in [-0.39, 0.29) is 15.8 Å². The summed E-state index contributed by atoms with van der Waals surface area (Å²) in [5.74, 6) is 0.536. The third kappa shape index (κ3) is 2.58. The van der Waals surface area contributed by atoms with Crippen LogP contribution in [0.5, 0.6) is 0 Å². The van der Waals surface area contributed by atoms with Crippen molar-refractivity contribution in [3.63, 3.8) is 0 Å². The summed E-state index contributed by atoms with van der Waals surface area (Å²) < 4.78 is 0. The van der Waals surface area contributed by atoms with E-state index in [4.69, 9.17) is 0 Å². The largest absolute Gasteiger partial charge is 0.0814 e. The molecule has 0 fully saturated rings. The van der Waals surface area contributed by atoms with Gasteiger partial charge >= 0.3 is 0 Å². The van der Waals surface area contributed by atoms with Gasteiger partial charge in [0.1, 0.15) is 0 Å². The van der Waals surface area contributed by atoms with Crippen LogP contribution in [0.15, 0.2) is 36.4 Å². The molecule has 1 aliphatic rings. The molecule has 2 aromatic rings. The molecule has 0 saturated heterocycles. The van der Waals surface area contributed by atoms with Crippen LogP contribution in [0.1, 0.15) is 35.1 Å². The van der Waals surface area contributed by atoms with Crippen molar-refractivity contribution in [3.05, 3.63) is 58.7 Å². The molecule has 110 valence electrons. The monoisotopic (exact) mass is 314 g/mol. The Morgan fingerprint density at radius 2 is 1.19 bits per heavy atom. The van der Waals surface area contributed by atoms with E-state index in [9.17, 15) is 0 Å². The molecule has 0 bridgehead atoms. The molecule has 0 aromatic heterocycles. The molecule has 0 spiro atoms. The maximum Gasteiger partial charge on any atom is 0.00671 e. The van der Waals surface area contributed by atoms with E-state index >= 15 is 0 Å². The lowest BCUT2D eigenvalue weighted by Gasteiger charge is -2.31. The average molecular weight is 314 g/mol. The number of rotatable bonds is 2. The topological polar surface area (TPSA) is 0 Å². The number of hydrogen-bond acceptors (Lipinski definition) is 0. The first-order chi connectivity index (χ1) is 10.0. The quantitative estimate of drug-likeness (QED) is 0.717. The summed E-state index contributed by atoms with van der Waals surface area (Å²) in [4.78, 5) is 0. The standard InChI is InChI=1S/C19H24P2/c1-13-14-8-6-10-18(20(2)3)16(14)12-17-15(13)9-7-11-19(17)21(4)5/h6-11,13H,12H2,1-5H3. The van der Waals surface area contributed by atoms with Crippen LogP contribution in [0.3, 0.4) is 0 Å². The van der Waals surface area contributed by atoms with Gasteiger partial charge in [0.2, 0.25) is 0 Å². The summed E-state index contributed by atoms with van der Waals surface area (Å²) in [6, 6.07) is 13.9. The molecule has 0 N–H and O–H groups in total. The third-order valence-corrected chi connectivity index (χ3v) is 7.39. The SMILES string of the molecule is CC1c2cccc(P(C)C)c2Cc2c1cccc2P(C)C. The zero-order valence-electron chi connectivity index (χ0n) is 13.6. The smallest absolute Gasteiger partial charge is 0.00671 e. The third-order valence-electron chi connectivity index (χ3n) is 4.63. The van der Waals surface area contributed by atoms with E-state index < -0.39 is 0 Å². The van der Waals surface area contributed by atoms with Gasteiger partial charge in [-0.1, -0.05) is 59.2 Å². The zero-order chi connectivity index (χ0) is 15.1. The van der Waals surface area contributed by atoms with Crippen molar-refractivity contribution in [1.82, 2.24) is 0 Å². The minimum Gasteiger partial charge on any atom is -0.0814 e. The number of hydrogen-bond donors (Lipinski definition) is 0. The van der Waals surface area contributed by atoms with Crippen molar-refractivity contribution in [2.24, 2.45) is 0 Å². The number of benzene rings is 2. The molecule has 0 aliphatic heterocycles. The van der Waals surface area contributed by atoms with Crippen molar-refractivity contribution in [1.29, 1.82) is 0 Å². The molecule has 2 heteroatoms. The van der Waals surface area contributed by atoms with E-state index in [1.807, 2.05) is 0 Å². The van der Waals surface area contributed by atoms with Gasteiger partial charge in [0.15, 0.2) is 0 Å². The van der Waals surface area contributed by atoms with Gasteiger partial charge in [-0.15, -0.1) is 0 Å². The zero-order valence-corrected chi connectivity index (χ0v) is 15.4. The van der Waals surface area contributed by atoms with E-state index in [1.54, 1.807) is 32.9 Å². The normalized spacial score (nSPS) is 14.4. The fraction of sp³-hybridized carbons (Fsp3) is 0.368. The predicted octanol–water partition coefficient (Wildman–Crippen LogP) is 4.48. The van der Waals surface area contributed by atoms with Crippen molar-refractivity contribution in [2.75, 3.05) is 26.7 Å². The van der Waals surface area contributed by atoms with Crippen LogP contribution in [0, 0.1) is 0 Å². The Morgan fingerprint density at radius 3 is 1.57 bits per heavy atom. The van der Waals surface area contributed by atoms with Gasteiger partial charge < -0.3 is 0 Å². The molecule has 3 rings (SSSR count). The first-order valence-electron chi connectivity index (χ1n) is 7.59. The lowest BCUT2D eigenvalue weighted by Crippen LogP contribution is -2.24. The molecule has 0 radical (unpaired) electrons. The molecule has 0 nitrogen and oxygen atoms in total. The minimum atomic E-state index is -0.0382. The second-order valence-electron chi connectivity index (χ2n) is 6.38. The van der Waals surface area contributed by atoms with Crippen LogP contribution >= 0.6 is 15.8 Å². The van der Waals surface area contributed by atoms with E-state index in [0.717, 1.165) is 6.42 Å². The first-order valence-corrected chi connectivity index (χ1v) is 12.1. The maximum atomic E-state index is 2.38. The van der Waals surface area contributed by atoms with Gasteiger partial charge in [0, 0.05) is 5.92 Å². The lowest BCUT2D eigenvalue weighted by atomic mass is 9.79. The summed E-state index contributed by atoms with van der Waals surface area (Å²) >= 11 is 0. The van der Waals surface area contributed by atoms with Crippen molar-refractivity contribution in [3.8, 4) is 0 Å². The molecule has 0 amide bonds. The molecule has 0 atom stereocenters. The summed E-state index contributed by atoms with van der Waals surface area (Å²) in [7, 11) is -0.0765. The van der Waals surface area contributed by atoms with Gasteiger partial charge in [-0.2, -0.15) is 0 Å². The highest BCUT2D eigenvalue weighted by molar-refractivity contribution is 7.64. The van der Waals surface area contributed by atoms with E-state index in [1.165, 1.54) is 0 Å². The summed E-state index contributed by atoms with van der Waals surface area (Å²) in [6.45, 7) is 11.9. The highest BCUT2D eigenvalue weighted by atomic mass is 31.1. The first kappa shape index (κ1) is 15.2. The Bertz CT molecular complexity index is 614. The molecule has 1 aliphatic carbocycles. The van der Waals surface area contributed by atoms with Crippen molar-refractivity contribution in [2.45, 2.75) is 19.3 Å². The van der Waals surface area contributed by atoms with Crippen LogP contribution in [0.4, 0.5) is 0 Å². The fourth-order valence-electron chi connectivity index (χ4n) is 3.56. The van der Waals surface area contributed by atoms with Crippen molar-refractivity contribution >= 4 is 26.5 Å². The Kier molecular flexibility index (Phi) is 4.22. The van der Waals surface area contributed by atoms with Gasteiger partial charge in [-0.05, 0) is 65.9 Å². The lowest BCUT2D eigenvalue weighted by molar-refractivity contribution is 0.853. The molecule has 0 saturated carbocycles. The molecular weight excluding hydrogens is 290 g/mol. The van der Waals surface area contributed by atoms with E-state index in [2.05, 4.69) is 70.0 Å². The molecule has 0 unspecified atom stereocenters. The highest BCUT2D eigenvalue weighted by Gasteiger charge is 2.26.